The zero-order valence-electron chi connectivity index (χ0n) is 57.2. The maximum Gasteiger partial charge on any atom is 0.347 e. The molecule has 0 heterocycles. The van der Waals surface area contributed by atoms with E-state index in [1.54, 1.807) is 167 Å². The van der Waals surface area contributed by atoms with E-state index >= 15 is 0 Å². The molecule has 12 rings (SSSR count). The molecule has 0 aromatic heterocycles. The number of benzene rings is 12. The molecule has 27 heteroatoms. The van der Waals surface area contributed by atoms with Gasteiger partial charge in [-0.05, 0) is 261 Å². The molecule has 0 aliphatic heterocycles. The summed E-state index contributed by atoms with van der Waals surface area (Å²) in [5.41, 5.74) is 3.20. The van der Waals surface area contributed by atoms with Crippen molar-refractivity contribution in [3.8, 4) is 74.7 Å². The van der Waals surface area contributed by atoms with E-state index in [-0.39, 0.29) is 45.3 Å². The van der Waals surface area contributed by atoms with E-state index in [4.69, 9.17) is 116 Å². The monoisotopic (exact) mass is 1650 g/mol. The van der Waals surface area contributed by atoms with Crippen molar-refractivity contribution in [1.82, 2.24) is 0 Å². The van der Waals surface area contributed by atoms with Gasteiger partial charge in [0.1, 0.15) is 62.2 Å². The molecule has 0 saturated heterocycles. The van der Waals surface area contributed by atoms with E-state index in [0.29, 0.717) is 115 Å². The number of halogens is 12. The van der Waals surface area contributed by atoms with Crippen molar-refractivity contribution in [2.45, 2.75) is 51.2 Å². The number of hydrogen-bond donors (Lipinski definition) is 4. The van der Waals surface area contributed by atoms with Crippen molar-refractivity contribution in [2.24, 2.45) is 0 Å². The van der Waals surface area contributed by atoms with Gasteiger partial charge in [0.25, 0.3) is 0 Å². The first-order valence-electron chi connectivity index (χ1n) is 32.0. The fourth-order valence-corrected chi connectivity index (χ4v) is 13.0. The lowest BCUT2D eigenvalue weighted by atomic mass is 10.00. The molecule has 0 fully saturated rings. The number of ketones is 2. The first kappa shape index (κ1) is 82.9. The van der Waals surface area contributed by atoms with Crippen LogP contribution < -0.4 is 23.7 Å². The average molecular weight is 1660 g/mol. The molecule has 12 aromatic rings. The van der Waals surface area contributed by atoms with E-state index in [2.05, 4.69) is 0 Å². The Hall–Kier alpha value is -10.2. The number of sulfone groups is 1. The van der Waals surface area contributed by atoms with Crippen LogP contribution in [0, 0.1) is 51.0 Å². The van der Waals surface area contributed by atoms with E-state index in [1.807, 2.05) is 0 Å². The van der Waals surface area contributed by atoms with Crippen molar-refractivity contribution in [2.75, 3.05) is 0 Å². The minimum absolute atomic E-state index is 0.0304. The van der Waals surface area contributed by atoms with Gasteiger partial charge in [-0.15, -0.1) is 0 Å². The van der Waals surface area contributed by atoms with Crippen molar-refractivity contribution in [3.05, 3.63) is 337 Å². The third kappa shape index (κ3) is 23.2. The average Bonchev–Trinajstić information content (AvgIpc) is 0.809. The summed E-state index contributed by atoms with van der Waals surface area (Å²) in [5, 5.41) is 42.6. The van der Waals surface area contributed by atoms with Gasteiger partial charge in [-0.2, -0.15) is 0 Å². The third-order valence-corrected chi connectivity index (χ3v) is 19.2. The van der Waals surface area contributed by atoms with Crippen LogP contribution in [0.1, 0.15) is 70.0 Å². The molecule has 109 heavy (non-hydrogen) atoms. The summed E-state index contributed by atoms with van der Waals surface area (Å²) >= 11 is 48.2. The van der Waals surface area contributed by atoms with Crippen molar-refractivity contribution >= 4 is 120 Å². The highest BCUT2D eigenvalue weighted by atomic mass is 35.5. The summed E-state index contributed by atoms with van der Waals surface area (Å²) in [4.78, 5) is 36.7. The Morgan fingerprint density at radius 1 is 0.330 bits per heavy atom. The molecule has 560 valence electrons. The Morgan fingerprint density at radius 2 is 0.642 bits per heavy atom. The highest BCUT2D eigenvalue weighted by molar-refractivity contribution is 7.90. The Morgan fingerprint density at radius 3 is 1.05 bits per heavy atom. The van der Waals surface area contributed by atoms with E-state index in [1.165, 1.54) is 66.7 Å². The van der Waals surface area contributed by atoms with Crippen molar-refractivity contribution in [1.29, 1.82) is 0 Å². The topological polar surface area (TPSA) is 212 Å². The minimum Gasteiger partial charge on any atom is -0.504 e. The highest BCUT2D eigenvalue weighted by Gasteiger charge is 2.25. The number of hydrogen-bond acceptors (Lipinski definition) is 14. The van der Waals surface area contributed by atoms with Crippen molar-refractivity contribution < 1.29 is 84.5 Å². The number of Topliss-reactive ketones (excluding diaryl/α,β-unsaturated/α-hetero) is 2. The Labute approximate surface area is 663 Å². The second-order valence-electron chi connectivity index (χ2n) is 24.0. The molecule has 14 nitrogen and oxygen atoms in total. The lowest BCUT2D eigenvalue weighted by Crippen LogP contribution is -2.10. The number of ether oxygens (including phenoxy) is 5. The second-order valence-corrected chi connectivity index (χ2v) is 29.3. The molecule has 0 aliphatic carbocycles. The molecule has 0 atom stereocenters. The fourth-order valence-electron chi connectivity index (χ4n) is 10.1. The standard InChI is InChI=1S/2C21H15Cl2FO3.C20H15Cl2FO4S.C20H13Cl2FO4/c1-12-8-16(21(26)18(24)9-12)19(25)11-13-2-7-20(17(23)10-13)27-15-5-3-14(22)4-6-15;1-12-8-16(21(26)18(24)9-12)19(25)10-13-2-7-17(23)20(11-13)27-15-5-3-14(22)4-6-15;1-12-8-17(23)20(24)19(9-12)28(25,26)11-13-2-7-18(16(22)10-13)27-15-5-3-14(21)4-6-15;1-11-8-15(19(24)17(23)9-11)20(25)27-14-6-7-18(16(22)10-14)26-13-4-2-12(21)3-5-13/h2-10,26H,11H2,1H3;2-9,11,26H,10H2,1H3;2-10,24H,11H2,1H3;2-10,24H,1H3. The van der Waals surface area contributed by atoms with Gasteiger partial charge >= 0.3 is 5.97 Å². The van der Waals surface area contributed by atoms with Gasteiger partial charge in [0.2, 0.25) is 0 Å². The molecule has 0 bridgehead atoms. The summed E-state index contributed by atoms with van der Waals surface area (Å²) in [6.07, 6.45) is -0.0675. The molecule has 0 spiro atoms. The van der Waals surface area contributed by atoms with Crippen LogP contribution >= 0.6 is 92.8 Å². The molecule has 0 amide bonds. The van der Waals surface area contributed by atoms with Gasteiger partial charge in [0.05, 0.1) is 37.0 Å². The minimum atomic E-state index is -3.99. The van der Waals surface area contributed by atoms with Gasteiger partial charge in [0.15, 0.2) is 67.7 Å². The number of phenolic OH excluding ortho intramolecular Hbond substituents is 4. The Balaban J connectivity index is 0.000000167. The largest absolute Gasteiger partial charge is 0.504 e. The van der Waals surface area contributed by atoms with Crippen LogP contribution in [-0.4, -0.2) is 46.4 Å². The predicted molar refractivity (Wildman–Crippen MR) is 415 cm³/mol. The van der Waals surface area contributed by atoms with Crippen LogP contribution in [0.5, 0.6) is 74.7 Å². The molecular weight excluding hydrogens is 1600 g/mol. The first-order valence-corrected chi connectivity index (χ1v) is 36.7. The zero-order valence-corrected chi connectivity index (χ0v) is 64.1. The van der Waals surface area contributed by atoms with Crippen LogP contribution in [0.3, 0.4) is 0 Å². The van der Waals surface area contributed by atoms with E-state index < -0.39 is 84.3 Å². The summed E-state index contributed by atoms with van der Waals surface area (Å²) in [5.74, 6) is -4.83. The maximum atomic E-state index is 13.7. The molecule has 0 unspecified atom stereocenters. The van der Waals surface area contributed by atoms with E-state index in [9.17, 15) is 60.8 Å². The number of aryl methyl sites for hydroxylation is 4. The number of rotatable bonds is 19. The maximum absolute atomic E-state index is 13.7. The van der Waals surface area contributed by atoms with Crippen LogP contribution in [0.15, 0.2) is 223 Å². The van der Waals surface area contributed by atoms with Crippen LogP contribution in [-0.2, 0) is 28.4 Å². The SMILES string of the molecule is Cc1cc(F)c(O)c(C(=O)Cc2ccc(Cl)c(Oc3ccc(Cl)cc3)c2)c1.Cc1cc(F)c(O)c(C(=O)Cc2ccc(Oc3ccc(Cl)cc3)c(Cl)c2)c1.Cc1cc(F)c(O)c(C(=O)Oc2ccc(Oc3ccc(Cl)cc3)c(Cl)c2)c1.Cc1cc(F)c(O)c(S(=O)(=O)Cc2ccc(Oc3ccc(Cl)cc3)c(Cl)c2)c1. The Bertz CT molecular complexity index is 5320. The number of carbonyl (C=O) groups excluding carboxylic acids is 3. The molecule has 12 aromatic carbocycles. The van der Waals surface area contributed by atoms with Gasteiger partial charge in [-0.3, -0.25) is 9.59 Å². The molecular formula is C82H58Cl8F4O14S. The Kier molecular flexibility index (Phi) is 28.4. The number of phenols is 4. The number of aromatic hydroxyl groups is 4. The van der Waals surface area contributed by atoms with Gasteiger partial charge < -0.3 is 44.1 Å². The normalized spacial score (nSPS) is 10.8. The smallest absolute Gasteiger partial charge is 0.347 e. The van der Waals surface area contributed by atoms with Crippen LogP contribution in [0.4, 0.5) is 17.6 Å². The van der Waals surface area contributed by atoms with Crippen LogP contribution in [0.2, 0.25) is 40.2 Å². The number of carbonyl (C=O) groups is 3. The summed E-state index contributed by atoms with van der Waals surface area (Å²) in [6.45, 7) is 6.44. The number of esters is 1. The lowest BCUT2D eigenvalue weighted by molar-refractivity contribution is 0.0729. The first-order chi connectivity index (χ1) is 51.6. The van der Waals surface area contributed by atoms with Gasteiger partial charge in [-0.25, -0.2) is 30.8 Å². The summed E-state index contributed by atoms with van der Waals surface area (Å²) in [6, 6.07) is 55.8. The highest BCUT2D eigenvalue weighted by Crippen LogP contribution is 2.39. The molecule has 0 aliphatic rings. The fraction of sp³-hybridized carbons (Fsp3) is 0.0854. The predicted octanol–water partition coefficient (Wildman–Crippen LogP) is 24.8. The lowest BCUT2D eigenvalue weighted by Gasteiger charge is -2.11. The molecule has 4 N–H and O–H groups in total. The van der Waals surface area contributed by atoms with E-state index in [0.717, 1.165) is 12.1 Å². The summed E-state index contributed by atoms with van der Waals surface area (Å²) < 4.78 is 108. The third-order valence-electron chi connectivity index (χ3n) is 15.3. The quantitative estimate of drug-likeness (QED) is 0.0257. The summed E-state index contributed by atoms with van der Waals surface area (Å²) in [7, 11) is -3.99. The second kappa shape index (κ2) is 37.3. The van der Waals surface area contributed by atoms with Crippen molar-refractivity contribution in [3.63, 3.8) is 0 Å². The van der Waals surface area contributed by atoms with Gasteiger partial charge in [-0.1, -0.05) is 111 Å². The zero-order chi connectivity index (χ0) is 79.1. The molecule has 0 radical (unpaired) electrons. The van der Waals surface area contributed by atoms with Crippen LogP contribution in [0.25, 0.3) is 0 Å². The van der Waals surface area contributed by atoms with Gasteiger partial charge in [0, 0.05) is 39.0 Å². The molecule has 0 saturated carbocycles.